The van der Waals surface area contributed by atoms with Gasteiger partial charge >= 0.3 is 0 Å². The quantitative estimate of drug-likeness (QED) is 0.822. The van der Waals surface area contributed by atoms with E-state index in [1.54, 1.807) is 6.20 Å². The van der Waals surface area contributed by atoms with Crippen LogP contribution in [0.1, 0.15) is 24.8 Å². The summed E-state index contributed by atoms with van der Waals surface area (Å²) in [4.78, 5) is 25.3. The lowest BCUT2D eigenvalue weighted by Crippen LogP contribution is -2.45. The van der Waals surface area contributed by atoms with E-state index in [0.717, 1.165) is 19.4 Å². The Kier molecular flexibility index (Phi) is 4.71. The van der Waals surface area contributed by atoms with E-state index < -0.39 is 0 Å². The van der Waals surface area contributed by atoms with Gasteiger partial charge in [-0.15, -0.1) is 0 Å². The number of ether oxygens (including phenoxy) is 1. The van der Waals surface area contributed by atoms with E-state index >= 15 is 0 Å². The fraction of sp³-hybridized carbons (Fsp3) is 0.529. The Morgan fingerprint density at radius 1 is 1.24 bits per heavy atom. The minimum absolute atomic E-state index is 0.00467. The van der Waals surface area contributed by atoms with Gasteiger partial charge in [-0.1, -0.05) is 11.2 Å². The van der Waals surface area contributed by atoms with Crippen LogP contribution >= 0.6 is 0 Å². The molecule has 25 heavy (non-hydrogen) atoms. The van der Waals surface area contributed by atoms with Crippen molar-refractivity contribution in [2.75, 3.05) is 39.4 Å². The van der Waals surface area contributed by atoms with Crippen LogP contribution < -0.4 is 0 Å². The third-order valence-corrected chi connectivity index (χ3v) is 4.69. The molecule has 1 atom stereocenters. The van der Waals surface area contributed by atoms with Crippen molar-refractivity contribution in [3.8, 4) is 11.5 Å². The molecule has 8 nitrogen and oxygen atoms in total. The second kappa shape index (κ2) is 7.28. The second-order valence-electron chi connectivity index (χ2n) is 6.29. The maximum absolute atomic E-state index is 12.5. The molecular weight excluding hydrogens is 322 g/mol. The van der Waals surface area contributed by atoms with Gasteiger partial charge in [-0.2, -0.15) is 4.98 Å². The number of pyridine rings is 1. The zero-order valence-corrected chi connectivity index (χ0v) is 14.0. The van der Waals surface area contributed by atoms with Gasteiger partial charge in [-0.05, 0) is 31.5 Å². The predicted octanol–water partition coefficient (Wildman–Crippen LogP) is 1.13. The molecule has 0 N–H and O–H groups in total. The molecule has 2 aromatic rings. The summed E-state index contributed by atoms with van der Waals surface area (Å²) in [5, 5.41) is 4.05. The van der Waals surface area contributed by atoms with Gasteiger partial charge in [0.2, 0.25) is 17.6 Å². The zero-order valence-electron chi connectivity index (χ0n) is 14.0. The Morgan fingerprint density at radius 3 is 2.92 bits per heavy atom. The molecule has 2 aliphatic heterocycles. The Balaban J connectivity index is 1.44. The van der Waals surface area contributed by atoms with Crippen LogP contribution in [0.25, 0.3) is 11.5 Å². The molecule has 2 fully saturated rings. The highest BCUT2D eigenvalue weighted by atomic mass is 16.5. The molecular formula is C17H21N5O3. The molecule has 0 spiro atoms. The number of amides is 1. The summed E-state index contributed by atoms with van der Waals surface area (Å²) in [6.07, 6.45) is 3.64. The van der Waals surface area contributed by atoms with Gasteiger partial charge in [0.15, 0.2) is 0 Å². The van der Waals surface area contributed by atoms with E-state index in [1.807, 2.05) is 23.1 Å². The number of carbonyl (C=O) groups excluding carboxylic acids is 1. The van der Waals surface area contributed by atoms with E-state index in [9.17, 15) is 4.79 Å². The smallest absolute Gasteiger partial charge is 0.244 e. The first-order chi connectivity index (χ1) is 12.3. The summed E-state index contributed by atoms with van der Waals surface area (Å²) < 4.78 is 10.8. The summed E-state index contributed by atoms with van der Waals surface area (Å²) in [5.74, 6) is 1.19. The molecule has 2 saturated heterocycles. The molecule has 132 valence electrons. The van der Waals surface area contributed by atoms with Gasteiger partial charge in [0.05, 0.1) is 25.8 Å². The maximum Gasteiger partial charge on any atom is 0.244 e. The van der Waals surface area contributed by atoms with Crippen LogP contribution in [-0.4, -0.2) is 70.2 Å². The van der Waals surface area contributed by atoms with Crippen LogP contribution in [0, 0.1) is 0 Å². The lowest BCUT2D eigenvalue weighted by Gasteiger charge is -2.29. The maximum atomic E-state index is 12.5. The van der Waals surface area contributed by atoms with Gasteiger partial charge in [0, 0.05) is 19.3 Å². The van der Waals surface area contributed by atoms with E-state index in [1.165, 1.54) is 0 Å². The highest BCUT2D eigenvalue weighted by Crippen LogP contribution is 2.31. The van der Waals surface area contributed by atoms with Gasteiger partial charge in [0.1, 0.15) is 5.69 Å². The molecule has 0 aromatic carbocycles. The fourth-order valence-corrected chi connectivity index (χ4v) is 3.35. The first-order valence-electron chi connectivity index (χ1n) is 8.66. The average Bonchev–Trinajstić information content (AvgIpc) is 3.32. The van der Waals surface area contributed by atoms with Crippen molar-refractivity contribution in [3.05, 3.63) is 30.3 Å². The van der Waals surface area contributed by atoms with Crippen LogP contribution in [0.5, 0.6) is 0 Å². The van der Waals surface area contributed by atoms with Crippen LogP contribution in [-0.2, 0) is 9.53 Å². The summed E-state index contributed by atoms with van der Waals surface area (Å²) >= 11 is 0. The number of hydrogen-bond acceptors (Lipinski definition) is 7. The molecule has 4 heterocycles. The minimum Gasteiger partial charge on any atom is -0.378 e. The van der Waals surface area contributed by atoms with Crippen molar-refractivity contribution in [2.45, 2.75) is 18.9 Å². The lowest BCUT2D eigenvalue weighted by molar-refractivity contribution is -0.136. The fourth-order valence-electron chi connectivity index (χ4n) is 3.35. The molecule has 2 aromatic heterocycles. The molecule has 0 bridgehead atoms. The largest absolute Gasteiger partial charge is 0.378 e. The summed E-state index contributed by atoms with van der Waals surface area (Å²) in [5.41, 5.74) is 0.687. The Bertz CT molecular complexity index is 714. The molecule has 0 radical (unpaired) electrons. The Hall–Kier alpha value is -2.32. The number of aromatic nitrogens is 3. The molecule has 0 aliphatic carbocycles. The molecule has 0 saturated carbocycles. The monoisotopic (exact) mass is 343 g/mol. The molecule has 2 aliphatic rings. The van der Waals surface area contributed by atoms with Crippen molar-refractivity contribution in [1.29, 1.82) is 0 Å². The molecule has 4 rings (SSSR count). The second-order valence-corrected chi connectivity index (χ2v) is 6.29. The Labute approximate surface area is 145 Å². The number of morpholine rings is 1. The van der Waals surface area contributed by atoms with Crippen LogP contribution in [0.3, 0.4) is 0 Å². The standard InChI is InChI=1S/C17H21N5O3/c23-15(21-8-10-24-11-9-21)12-22-7-3-5-14(22)17-19-16(20-25-17)13-4-1-2-6-18-13/h1-2,4,6,14H,3,5,7-12H2/t14-/m1/s1. The first kappa shape index (κ1) is 16.2. The van der Waals surface area contributed by atoms with Crippen molar-refractivity contribution in [1.82, 2.24) is 24.9 Å². The summed E-state index contributed by atoms with van der Waals surface area (Å²) in [6, 6.07) is 5.58. The van der Waals surface area contributed by atoms with E-state index in [-0.39, 0.29) is 11.9 Å². The molecule has 8 heteroatoms. The number of nitrogens with zero attached hydrogens (tertiary/aromatic N) is 5. The zero-order chi connectivity index (χ0) is 17.1. The number of carbonyl (C=O) groups is 1. The number of rotatable bonds is 4. The van der Waals surface area contributed by atoms with E-state index in [4.69, 9.17) is 9.26 Å². The lowest BCUT2D eigenvalue weighted by atomic mass is 10.2. The minimum atomic E-state index is -0.00467. The highest BCUT2D eigenvalue weighted by molar-refractivity contribution is 5.78. The van der Waals surface area contributed by atoms with Crippen LogP contribution in [0.15, 0.2) is 28.9 Å². The first-order valence-corrected chi connectivity index (χ1v) is 8.66. The van der Waals surface area contributed by atoms with Crippen LogP contribution in [0.2, 0.25) is 0 Å². The topological polar surface area (TPSA) is 84.6 Å². The van der Waals surface area contributed by atoms with E-state index in [2.05, 4.69) is 20.0 Å². The van der Waals surface area contributed by atoms with Gasteiger partial charge in [-0.3, -0.25) is 14.7 Å². The molecule has 0 unspecified atom stereocenters. The summed E-state index contributed by atoms with van der Waals surface area (Å²) in [7, 11) is 0. The van der Waals surface area contributed by atoms with Crippen molar-refractivity contribution >= 4 is 5.91 Å². The Morgan fingerprint density at radius 2 is 2.12 bits per heavy atom. The van der Waals surface area contributed by atoms with Crippen molar-refractivity contribution in [3.63, 3.8) is 0 Å². The van der Waals surface area contributed by atoms with Crippen molar-refractivity contribution < 1.29 is 14.1 Å². The normalized spacial score (nSPS) is 21.6. The van der Waals surface area contributed by atoms with E-state index in [0.29, 0.717) is 50.3 Å². The van der Waals surface area contributed by atoms with Crippen LogP contribution in [0.4, 0.5) is 0 Å². The summed E-state index contributed by atoms with van der Waals surface area (Å²) in [6.45, 7) is 3.82. The predicted molar refractivity (Wildman–Crippen MR) is 88.5 cm³/mol. The third-order valence-electron chi connectivity index (χ3n) is 4.69. The SMILES string of the molecule is O=C(CN1CCC[C@@H]1c1nc(-c2ccccn2)no1)N1CCOCC1. The van der Waals surface area contributed by atoms with Crippen molar-refractivity contribution in [2.24, 2.45) is 0 Å². The number of hydrogen-bond donors (Lipinski definition) is 0. The van der Waals surface area contributed by atoms with Gasteiger partial charge in [0.25, 0.3) is 0 Å². The average molecular weight is 343 g/mol. The molecule has 1 amide bonds. The van der Waals surface area contributed by atoms with Gasteiger partial charge in [-0.25, -0.2) is 0 Å². The number of likely N-dealkylation sites (tertiary alicyclic amines) is 1. The third kappa shape index (κ3) is 3.54. The van der Waals surface area contributed by atoms with Gasteiger partial charge < -0.3 is 14.2 Å². The highest BCUT2D eigenvalue weighted by Gasteiger charge is 2.33.